The summed E-state index contributed by atoms with van der Waals surface area (Å²) in [6.45, 7) is 0. The lowest BCUT2D eigenvalue weighted by atomic mass is 9.73. The number of benzene rings is 1. The van der Waals surface area contributed by atoms with E-state index < -0.39 is 54.0 Å². The van der Waals surface area contributed by atoms with Gasteiger partial charge >= 0.3 is 5.97 Å². The van der Waals surface area contributed by atoms with Crippen LogP contribution in [-0.2, 0) is 4.79 Å². The van der Waals surface area contributed by atoms with Gasteiger partial charge < -0.3 is 9.84 Å². The fourth-order valence-electron chi connectivity index (χ4n) is 2.81. The third-order valence-corrected chi connectivity index (χ3v) is 3.83. The Bertz CT molecular complexity index is 559. The van der Waals surface area contributed by atoms with Crippen LogP contribution in [0.15, 0.2) is 12.1 Å². The van der Waals surface area contributed by atoms with Gasteiger partial charge in [0, 0.05) is 24.3 Å². The Morgan fingerprint density at radius 2 is 2.05 bits per heavy atom. The highest BCUT2D eigenvalue weighted by Crippen LogP contribution is 2.47. The Labute approximate surface area is 118 Å². The molecule has 2 atom stereocenters. The van der Waals surface area contributed by atoms with Crippen LogP contribution in [0.1, 0.15) is 30.7 Å². The van der Waals surface area contributed by atoms with Gasteiger partial charge in [-0.2, -0.15) is 4.39 Å². The summed E-state index contributed by atoms with van der Waals surface area (Å²) in [5, 5.41) is 9.15. The van der Waals surface area contributed by atoms with Crippen LogP contribution in [0.25, 0.3) is 0 Å². The van der Waals surface area contributed by atoms with Gasteiger partial charge in [-0.3, -0.25) is 4.79 Å². The normalized spacial score (nSPS) is 24.6. The minimum Gasteiger partial charge on any atom is -0.493 e. The molecule has 116 valence electrons. The first-order valence-electron chi connectivity index (χ1n) is 6.39. The maximum Gasteiger partial charge on any atom is 0.307 e. The molecule has 1 aromatic carbocycles. The molecule has 1 aromatic rings. The molecular weight excluding hydrogens is 292 g/mol. The van der Waals surface area contributed by atoms with Gasteiger partial charge in [-0.15, -0.1) is 0 Å². The molecule has 1 unspecified atom stereocenters. The monoisotopic (exact) mass is 306 g/mol. The van der Waals surface area contributed by atoms with Crippen LogP contribution in [0.2, 0.25) is 0 Å². The molecule has 0 radical (unpaired) electrons. The average Bonchev–Trinajstić information content (AvgIpc) is 2.41. The molecule has 1 saturated carbocycles. The van der Waals surface area contributed by atoms with Crippen molar-refractivity contribution in [2.24, 2.45) is 5.92 Å². The smallest absolute Gasteiger partial charge is 0.307 e. The molecule has 0 amide bonds. The van der Waals surface area contributed by atoms with Gasteiger partial charge in [-0.05, 0) is 12.5 Å². The fraction of sp³-hybridized carbons (Fsp3) is 0.500. The number of methoxy groups -OCH3 is 1. The average molecular weight is 306 g/mol. The number of aliphatic carboxylic acids is 1. The SMILES string of the molecule is COc1c([C@@H]2CCC(F)(F)CC2C(=O)O)ccc(F)c1F. The number of carboxylic acid groups (broad SMARTS) is 1. The number of rotatable bonds is 3. The first-order valence-corrected chi connectivity index (χ1v) is 6.39. The third kappa shape index (κ3) is 2.96. The van der Waals surface area contributed by atoms with Gasteiger partial charge in [0.25, 0.3) is 0 Å². The summed E-state index contributed by atoms with van der Waals surface area (Å²) < 4.78 is 58.5. The van der Waals surface area contributed by atoms with Crippen molar-refractivity contribution in [3.05, 3.63) is 29.3 Å². The highest BCUT2D eigenvalue weighted by atomic mass is 19.3. The van der Waals surface area contributed by atoms with Crippen LogP contribution in [0, 0.1) is 17.6 Å². The number of hydrogen-bond acceptors (Lipinski definition) is 2. The van der Waals surface area contributed by atoms with Crippen molar-refractivity contribution in [2.75, 3.05) is 7.11 Å². The highest BCUT2D eigenvalue weighted by molar-refractivity contribution is 5.72. The van der Waals surface area contributed by atoms with Crippen LogP contribution in [0.4, 0.5) is 17.6 Å². The van der Waals surface area contributed by atoms with Crippen LogP contribution in [-0.4, -0.2) is 24.1 Å². The molecule has 3 nitrogen and oxygen atoms in total. The van der Waals surface area contributed by atoms with Crippen molar-refractivity contribution in [1.82, 2.24) is 0 Å². The van der Waals surface area contributed by atoms with E-state index in [-0.39, 0.29) is 12.0 Å². The van der Waals surface area contributed by atoms with Crippen molar-refractivity contribution in [3.63, 3.8) is 0 Å². The standard InChI is InChI=1S/C14H14F4O3/c1-21-12-8(2-3-10(15)11(12)16)7-4-5-14(17,18)6-9(7)13(19)20/h2-3,7,9H,4-6H2,1H3,(H,19,20)/t7-,9?/m0/s1. The van der Waals surface area contributed by atoms with E-state index in [1.807, 2.05) is 0 Å². The van der Waals surface area contributed by atoms with Crippen LogP contribution < -0.4 is 4.74 Å². The summed E-state index contributed by atoms with van der Waals surface area (Å²) in [6.07, 6.45) is -1.45. The third-order valence-electron chi connectivity index (χ3n) is 3.83. The van der Waals surface area contributed by atoms with Crippen LogP contribution >= 0.6 is 0 Å². The van der Waals surface area contributed by atoms with Crippen LogP contribution in [0.5, 0.6) is 5.75 Å². The summed E-state index contributed by atoms with van der Waals surface area (Å²) in [5.74, 6) is -9.45. The second-order valence-corrected chi connectivity index (χ2v) is 5.13. The second-order valence-electron chi connectivity index (χ2n) is 5.13. The number of carboxylic acids is 1. The Morgan fingerprint density at radius 1 is 1.38 bits per heavy atom. The van der Waals surface area contributed by atoms with Gasteiger partial charge in [-0.1, -0.05) is 6.07 Å². The number of alkyl halides is 2. The first-order chi connectivity index (χ1) is 9.76. The second kappa shape index (κ2) is 5.54. The van der Waals surface area contributed by atoms with Gasteiger partial charge in [0.15, 0.2) is 11.6 Å². The summed E-state index contributed by atoms with van der Waals surface area (Å²) in [7, 11) is 1.12. The molecule has 0 saturated heterocycles. The predicted molar refractivity (Wildman–Crippen MR) is 65.6 cm³/mol. The molecule has 1 aliphatic carbocycles. The molecule has 7 heteroatoms. The Hall–Kier alpha value is -1.79. The van der Waals surface area contributed by atoms with E-state index in [9.17, 15) is 22.4 Å². The van der Waals surface area contributed by atoms with Crippen molar-refractivity contribution < 1.29 is 32.2 Å². The number of carbonyl (C=O) groups is 1. The summed E-state index contributed by atoms with van der Waals surface area (Å²) in [6, 6.07) is 2.04. The maximum absolute atomic E-state index is 13.7. The number of ether oxygens (including phenoxy) is 1. The van der Waals surface area contributed by atoms with Gasteiger partial charge in [0.1, 0.15) is 0 Å². The lowest BCUT2D eigenvalue weighted by Crippen LogP contribution is -2.36. The van der Waals surface area contributed by atoms with Gasteiger partial charge in [0.2, 0.25) is 11.7 Å². The minimum absolute atomic E-state index is 0.110. The first kappa shape index (κ1) is 15.6. The number of halogens is 4. The van der Waals surface area contributed by atoms with E-state index in [1.165, 1.54) is 6.07 Å². The molecule has 21 heavy (non-hydrogen) atoms. The highest BCUT2D eigenvalue weighted by Gasteiger charge is 2.46. The maximum atomic E-state index is 13.7. The fourth-order valence-corrected chi connectivity index (χ4v) is 2.81. The largest absolute Gasteiger partial charge is 0.493 e. The zero-order chi connectivity index (χ0) is 15.8. The molecule has 1 fully saturated rings. The van der Waals surface area contributed by atoms with E-state index in [1.54, 1.807) is 0 Å². The molecule has 0 bridgehead atoms. The van der Waals surface area contributed by atoms with Crippen LogP contribution in [0.3, 0.4) is 0 Å². The molecular formula is C14H14F4O3. The molecule has 0 aromatic heterocycles. The Balaban J connectivity index is 2.45. The van der Waals surface area contributed by atoms with Gasteiger partial charge in [-0.25, -0.2) is 13.2 Å². The predicted octanol–water partition coefficient (Wildman–Crippen LogP) is 3.58. The minimum atomic E-state index is -3.06. The van der Waals surface area contributed by atoms with E-state index in [2.05, 4.69) is 0 Å². The van der Waals surface area contributed by atoms with E-state index in [4.69, 9.17) is 9.84 Å². The Morgan fingerprint density at radius 3 is 2.62 bits per heavy atom. The summed E-state index contributed by atoms with van der Waals surface area (Å²) in [5.41, 5.74) is 0.110. The Kier molecular flexibility index (Phi) is 4.11. The molecule has 2 rings (SSSR count). The van der Waals surface area contributed by atoms with E-state index in [0.717, 1.165) is 13.2 Å². The van der Waals surface area contributed by atoms with Gasteiger partial charge in [0.05, 0.1) is 13.0 Å². The van der Waals surface area contributed by atoms with Crippen molar-refractivity contribution in [3.8, 4) is 5.75 Å². The van der Waals surface area contributed by atoms with Crippen molar-refractivity contribution in [1.29, 1.82) is 0 Å². The zero-order valence-corrected chi connectivity index (χ0v) is 11.2. The van der Waals surface area contributed by atoms with Crippen molar-refractivity contribution in [2.45, 2.75) is 31.1 Å². The van der Waals surface area contributed by atoms with E-state index >= 15 is 0 Å². The van der Waals surface area contributed by atoms with E-state index in [0.29, 0.717) is 0 Å². The topological polar surface area (TPSA) is 46.5 Å². The lowest BCUT2D eigenvalue weighted by molar-refractivity contribution is -0.150. The quantitative estimate of drug-likeness (QED) is 0.868. The van der Waals surface area contributed by atoms with Crippen molar-refractivity contribution >= 4 is 5.97 Å². The molecule has 0 spiro atoms. The molecule has 0 aliphatic heterocycles. The molecule has 1 N–H and O–H groups in total. The summed E-state index contributed by atoms with van der Waals surface area (Å²) in [4.78, 5) is 11.2. The molecule has 1 aliphatic rings. The number of hydrogen-bond donors (Lipinski definition) is 1. The zero-order valence-electron chi connectivity index (χ0n) is 11.2. The molecule has 0 heterocycles. The summed E-state index contributed by atoms with van der Waals surface area (Å²) >= 11 is 0. The lowest BCUT2D eigenvalue weighted by Gasteiger charge is -2.34.